The minimum atomic E-state index is -0.751. The predicted molar refractivity (Wildman–Crippen MR) is 104 cm³/mol. The standard InChI is InChI=1S/C23H31NO3/c24-21(26)17-7-6-16-13-18-15(12-14-4-3-5-14)8-11-22(19(16)20(17)25)9-1-2-10-23(18,22)27/h6-7,14-15,18,25,27H,1-5,8-13H2,(H2,24,26)/t15-,18-,22-,23+/m0/s1. The van der Waals surface area contributed by atoms with Gasteiger partial charge in [0.15, 0.2) is 0 Å². The van der Waals surface area contributed by atoms with Crippen LogP contribution >= 0.6 is 0 Å². The second-order valence-corrected chi connectivity index (χ2v) is 9.72. The topological polar surface area (TPSA) is 83.6 Å². The lowest BCUT2D eigenvalue weighted by Gasteiger charge is -2.63. The normalized spacial score (nSPS) is 37.8. The van der Waals surface area contributed by atoms with E-state index < -0.39 is 16.9 Å². The zero-order valence-electron chi connectivity index (χ0n) is 16.0. The number of carbonyl (C=O) groups is 1. The number of carbonyl (C=O) groups excluding carboxylic acids is 1. The maximum absolute atomic E-state index is 12.1. The second kappa shape index (κ2) is 5.97. The van der Waals surface area contributed by atoms with Crippen LogP contribution in [-0.4, -0.2) is 21.7 Å². The highest BCUT2D eigenvalue weighted by atomic mass is 16.3. The number of nitrogens with two attached hydrogens (primary N) is 1. The monoisotopic (exact) mass is 369 g/mol. The van der Waals surface area contributed by atoms with E-state index in [2.05, 4.69) is 0 Å². The molecule has 1 aromatic carbocycles. The molecule has 3 fully saturated rings. The highest BCUT2D eigenvalue weighted by Crippen LogP contribution is 2.65. The molecule has 0 heterocycles. The van der Waals surface area contributed by atoms with Crippen molar-refractivity contribution in [1.29, 1.82) is 0 Å². The fraction of sp³-hybridized carbons (Fsp3) is 0.696. The van der Waals surface area contributed by atoms with Crippen molar-refractivity contribution in [3.8, 4) is 5.75 Å². The first-order chi connectivity index (χ1) is 13.0. The summed E-state index contributed by atoms with van der Waals surface area (Å²) in [6.45, 7) is 0. The number of primary amides is 1. The maximum Gasteiger partial charge on any atom is 0.252 e. The van der Waals surface area contributed by atoms with Crippen LogP contribution in [0.15, 0.2) is 12.1 Å². The fourth-order valence-corrected chi connectivity index (χ4v) is 7.20. The smallest absolute Gasteiger partial charge is 0.252 e. The van der Waals surface area contributed by atoms with Crippen molar-refractivity contribution >= 4 is 5.91 Å². The van der Waals surface area contributed by atoms with Gasteiger partial charge in [0.25, 0.3) is 5.91 Å². The third kappa shape index (κ3) is 2.28. The quantitative estimate of drug-likeness (QED) is 0.757. The molecule has 2 bridgehead atoms. The number of rotatable bonds is 3. The zero-order valence-corrected chi connectivity index (χ0v) is 16.0. The first kappa shape index (κ1) is 17.5. The zero-order chi connectivity index (χ0) is 18.8. The molecule has 4 heteroatoms. The second-order valence-electron chi connectivity index (χ2n) is 9.72. The molecule has 0 radical (unpaired) electrons. The van der Waals surface area contributed by atoms with Crippen LogP contribution in [0.2, 0.25) is 0 Å². The van der Waals surface area contributed by atoms with Crippen LogP contribution in [0.1, 0.15) is 85.7 Å². The molecule has 5 rings (SSSR count). The van der Waals surface area contributed by atoms with E-state index in [1.165, 1.54) is 25.7 Å². The largest absolute Gasteiger partial charge is 0.507 e. The van der Waals surface area contributed by atoms with Gasteiger partial charge in [-0.15, -0.1) is 0 Å². The highest BCUT2D eigenvalue weighted by molar-refractivity contribution is 5.96. The van der Waals surface area contributed by atoms with Crippen LogP contribution in [0.25, 0.3) is 0 Å². The summed E-state index contributed by atoms with van der Waals surface area (Å²) in [6.07, 6.45) is 12.0. The Bertz CT molecular complexity index is 786. The lowest BCUT2D eigenvalue weighted by atomic mass is 9.43. The fourth-order valence-electron chi connectivity index (χ4n) is 7.20. The molecule has 27 heavy (non-hydrogen) atoms. The molecule has 0 unspecified atom stereocenters. The molecule has 4 atom stereocenters. The number of aliphatic hydroxyl groups is 1. The average molecular weight is 370 g/mol. The van der Waals surface area contributed by atoms with E-state index >= 15 is 0 Å². The number of amides is 1. The van der Waals surface area contributed by atoms with Gasteiger partial charge in [-0.3, -0.25) is 4.79 Å². The van der Waals surface area contributed by atoms with E-state index in [-0.39, 0.29) is 17.2 Å². The molecule has 1 aromatic rings. The van der Waals surface area contributed by atoms with Crippen molar-refractivity contribution in [3.05, 3.63) is 28.8 Å². The first-order valence-electron chi connectivity index (χ1n) is 10.8. The first-order valence-corrected chi connectivity index (χ1v) is 10.8. The predicted octanol–water partition coefficient (Wildman–Crippen LogP) is 3.81. The van der Waals surface area contributed by atoms with Crippen molar-refractivity contribution in [2.75, 3.05) is 0 Å². The van der Waals surface area contributed by atoms with E-state index in [4.69, 9.17) is 5.73 Å². The van der Waals surface area contributed by atoms with E-state index in [1.807, 2.05) is 6.07 Å². The van der Waals surface area contributed by atoms with E-state index in [9.17, 15) is 15.0 Å². The number of aromatic hydroxyl groups is 1. The molecular formula is C23H31NO3. The van der Waals surface area contributed by atoms with Crippen LogP contribution in [0.3, 0.4) is 0 Å². The van der Waals surface area contributed by atoms with Crippen LogP contribution in [0.5, 0.6) is 5.75 Å². The molecule has 4 nitrogen and oxygen atoms in total. The Kier molecular flexibility index (Phi) is 3.88. The molecule has 146 valence electrons. The summed E-state index contributed by atoms with van der Waals surface area (Å²) in [4.78, 5) is 11.8. The van der Waals surface area contributed by atoms with Gasteiger partial charge >= 0.3 is 0 Å². The van der Waals surface area contributed by atoms with E-state index in [1.54, 1.807) is 6.07 Å². The van der Waals surface area contributed by atoms with Crippen LogP contribution < -0.4 is 5.73 Å². The van der Waals surface area contributed by atoms with Gasteiger partial charge in [0, 0.05) is 11.0 Å². The van der Waals surface area contributed by atoms with Crippen LogP contribution in [0, 0.1) is 17.8 Å². The van der Waals surface area contributed by atoms with Crippen LogP contribution in [-0.2, 0) is 11.8 Å². The number of hydrogen-bond acceptors (Lipinski definition) is 3. The minimum absolute atomic E-state index is 0.0382. The Balaban J connectivity index is 1.64. The summed E-state index contributed by atoms with van der Waals surface area (Å²) < 4.78 is 0. The Labute approximate surface area is 161 Å². The van der Waals surface area contributed by atoms with Gasteiger partial charge in [-0.2, -0.15) is 0 Å². The number of hydrogen-bond donors (Lipinski definition) is 3. The Morgan fingerprint density at radius 3 is 2.59 bits per heavy atom. The molecule has 3 saturated carbocycles. The van der Waals surface area contributed by atoms with Crippen molar-refractivity contribution in [2.45, 2.75) is 81.6 Å². The number of fused-ring (bicyclic) bond motifs is 1. The number of phenols is 1. The van der Waals surface area contributed by atoms with Crippen molar-refractivity contribution < 1.29 is 15.0 Å². The maximum atomic E-state index is 12.1. The molecule has 1 amide bonds. The van der Waals surface area contributed by atoms with Crippen LogP contribution in [0.4, 0.5) is 0 Å². The molecule has 0 aromatic heterocycles. The van der Waals surface area contributed by atoms with Gasteiger partial charge < -0.3 is 15.9 Å². The molecular weight excluding hydrogens is 338 g/mol. The van der Waals surface area contributed by atoms with Crippen molar-refractivity contribution in [3.63, 3.8) is 0 Å². The highest BCUT2D eigenvalue weighted by Gasteiger charge is 2.64. The summed E-state index contributed by atoms with van der Waals surface area (Å²) in [5.74, 6) is 1.15. The third-order valence-corrected chi connectivity index (χ3v) is 8.67. The minimum Gasteiger partial charge on any atom is -0.507 e. The molecule has 4 aliphatic rings. The average Bonchev–Trinajstić information content (AvgIpc) is 2.58. The summed E-state index contributed by atoms with van der Waals surface area (Å²) in [6, 6.07) is 3.67. The molecule has 4 N–H and O–H groups in total. The lowest BCUT2D eigenvalue weighted by molar-refractivity contribution is -0.168. The Morgan fingerprint density at radius 2 is 1.89 bits per heavy atom. The Hall–Kier alpha value is -1.55. The van der Waals surface area contributed by atoms with Gasteiger partial charge in [0.2, 0.25) is 0 Å². The molecule has 0 aliphatic heterocycles. The Morgan fingerprint density at radius 1 is 1.11 bits per heavy atom. The summed E-state index contributed by atoms with van der Waals surface area (Å²) >= 11 is 0. The molecule has 0 saturated heterocycles. The van der Waals surface area contributed by atoms with Gasteiger partial charge in [-0.25, -0.2) is 0 Å². The van der Waals surface area contributed by atoms with E-state index in [0.29, 0.717) is 5.92 Å². The SMILES string of the molecule is NC(=O)c1ccc2c(c1O)[C@@]13CCCC[C@@]1(O)[C@@H](C2)[C@H](CC1CCC1)CC3. The summed E-state index contributed by atoms with van der Waals surface area (Å²) in [5.41, 5.74) is 6.53. The summed E-state index contributed by atoms with van der Waals surface area (Å²) in [5, 5.41) is 23.1. The van der Waals surface area contributed by atoms with Gasteiger partial charge in [-0.05, 0) is 67.9 Å². The van der Waals surface area contributed by atoms with Crippen molar-refractivity contribution in [2.24, 2.45) is 23.5 Å². The van der Waals surface area contributed by atoms with Gasteiger partial charge in [-0.1, -0.05) is 38.2 Å². The van der Waals surface area contributed by atoms with Gasteiger partial charge in [0.1, 0.15) is 5.75 Å². The van der Waals surface area contributed by atoms with Gasteiger partial charge in [0.05, 0.1) is 11.2 Å². The van der Waals surface area contributed by atoms with E-state index in [0.717, 1.165) is 62.0 Å². The number of benzene rings is 1. The van der Waals surface area contributed by atoms with Crippen molar-refractivity contribution in [1.82, 2.24) is 0 Å². The third-order valence-electron chi connectivity index (χ3n) is 8.67. The lowest BCUT2D eigenvalue weighted by Crippen LogP contribution is -2.65. The molecule has 4 aliphatic carbocycles. The molecule has 0 spiro atoms. The summed E-state index contributed by atoms with van der Waals surface area (Å²) in [7, 11) is 0.